The first kappa shape index (κ1) is 17.5. The zero-order valence-electron chi connectivity index (χ0n) is 14.6. The number of hydrogen-bond acceptors (Lipinski definition) is 5. The number of carbonyl (C=O) groups is 2. The lowest BCUT2D eigenvalue weighted by atomic mass is 10.0. The van der Waals surface area contributed by atoms with Gasteiger partial charge in [-0.2, -0.15) is 0 Å². The molecule has 0 saturated heterocycles. The zero-order valence-corrected chi connectivity index (χ0v) is 15.4. The molecule has 7 heteroatoms. The summed E-state index contributed by atoms with van der Waals surface area (Å²) in [6.45, 7) is 5.73. The van der Waals surface area contributed by atoms with E-state index < -0.39 is 6.04 Å². The second kappa shape index (κ2) is 7.31. The minimum Gasteiger partial charge on any atom is -0.340 e. The van der Waals surface area contributed by atoms with Crippen LogP contribution in [0.15, 0.2) is 24.3 Å². The number of aryl methyl sites for hydroxylation is 1. The molecule has 0 aliphatic heterocycles. The molecule has 1 atom stereocenters. The Labute approximate surface area is 151 Å². The van der Waals surface area contributed by atoms with Crippen LogP contribution in [0.1, 0.15) is 53.5 Å². The number of amides is 2. The quantitative estimate of drug-likeness (QED) is 0.831. The molecule has 1 aliphatic rings. The Morgan fingerprint density at radius 3 is 2.64 bits per heavy atom. The van der Waals surface area contributed by atoms with Crippen molar-refractivity contribution in [3.8, 4) is 0 Å². The highest BCUT2D eigenvalue weighted by molar-refractivity contribution is 7.15. The minimum atomic E-state index is -0.638. The molecule has 132 valence electrons. The van der Waals surface area contributed by atoms with E-state index in [1.807, 2.05) is 32.9 Å². The normalized spacial score (nSPS) is 15.0. The van der Waals surface area contributed by atoms with Gasteiger partial charge in [0.05, 0.1) is 0 Å². The number of hydrogen-bond donors (Lipinski definition) is 2. The van der Waals surface area contributed by atoms with Crippen LogP contribution in [0.3, 0.4) is 0 Å². The molecule has 1 heterocycles. The van der Waals surface area contributed by atoms with Gasteiger partial charge in [0.1, 0.15) is 11.0 Å². The summed E-state index contributed by atoms with van der Waals surface area (Å²) in [5.74, 6) is -0.0716. The van der Waals surface area contributed by atoms with Crippen LogP contribution in [0.25, 0.3) is 0 Å². The largest absolute Gasteiger partial charge is 0.340 e. The Morgan fingerprint density at radius 1 is 1.24 bits per heavy atom. The van der Waals surface area contributed by atoms with E-state index in [0.29, 0.717) is 16.6 Å². The maximum Gasteiger partial charge on any atom is 0.251 e. The van der Waals surface area contributed by atoms with Crippen LogP contribution in [-0.2, 0) is 4.79 Å². The van der Waals surface area contributed by atoms with Gasteiger partial charge < -0.3 is 5.32 Å². The summed E-state index contributed by atoms with van der Waals surface area (Å²) in [5, 5.41) is 15.2. The Balaban J connectivity index is 1.66. The highest BCUT2D eigenvalue weighted by atomic mass is 32.1. The molecule has 0 spiro atoms. The van der Waals surface area contributed by atoms with Crippen molar-refractivity contribution in [1.29, 1.82) is 0 Å². The van der Waals surface area contributed by atoms with Crippen LogP contribution >= 0.6 is 11.3 Å². The number of aromatic nitrogens is 2. The van der Waals surface area contributed by atoms with Gasteiger partial charge in [0.2, 0.25) is 11.0 Å². The molecule has 1 fully saturated rings. The fraction of sp³-hybridized carbons (Fsp3) is 0.444. The predicted octanol–water partition coefficient (Wildman–Crippen LogP) is 3.12. The van der Waals surface area contributed by atoms with Crippen LogP contribution < -0.4 is 10.6 Å². The average molecular weight is 358 g/mol. The highest BCUT2D eigenvalue weighted by Crippen LogP contribution is 2.42. The summed E-state index contributed by atoms with van der Waals surface area (Å²) in [6.07, 6.45) is 2.29. The van der Waals surface area contributed by atoms with Gasteiger partial charge in [0.15, 0.2) is 0 Å². The van der Waals surface area contributed by atoms with Crippen molar-refractivity contribution in [2.24, 2.45) is 5.92 Å². The molecule has 3 rings (SSSR count). The van der Waals surface area contributed by atoms with Crippen molar-refractivity contribution in [2.75, 3.05) is 5.32 Å². The molecule has 1 aromatic heterocycles. The van der Waals surface area contributed by atoms with Crippen molar-refractivity contribution in [1.82, 2.24) is 15.5 Å². The highest BCUT2D eigenvalue weighted by Gasteiger charge is 2.29. The lowest BCUT2D eigenvalue weighted by Gasteiger charge is -2.21. The number of nitrogens with one attached hydrogen (secondary N) is 2. The summed E-state index contributed by atoms with van der Waals surface area (Å²) in [7, 11) is 0. The Kier molecular flexibility index (Phi) is 5.13. The first-order valence-electron chi connectivity index (χ1n) is 8.46. The van der Waals surface area contributed by atoms with Crippen molar-refractivity contribution in [3.05, 3.63) is 40.4 Å². The van der Waals surface area contributed by atoms with Gasteiger partial charge in [0.25, 0.3) is 5.91 Å². The number of anilines is 1. The Hall–Kier alpha value is -2.28. The maximum absolute atomic E-state index is 12.6. The van der Waals surface area contributed by atoms with E-state index >= 15 is 0 Å². The molecule has 2 aromatic rings. The van der Waals surface area contributed by atoms with Gasteiger partial charge >= 0.3 is 0 Å². The van der Waals surface area contributed by atoms with Gasteiger partial charge in [-0.15, -0.1) is 10.2 Å². The molecule has 0 unspecified atom stereocenters. The van der Waals surface area contributed by atoms with Gasteiger partial charge in [-0.3, -0.25) is 14.9 Å². The van der Waals surface area contributed by atoms with Gasteiger partial charge in [-0.25, -0.2) is 0 Å². The predicted molar refractivity (Wildman–Crippen MR) is 97.8 cm³/mol. The molecule has 25 heavy (non-hydrogen) atoms. The van der Waals surface area contributed by atoms with Gasteiger partial charge in [0, 0.05) is 11.5 Å². The molecule has 1 aromatic carbocycles. The lowest BCUT2D eigenvalue weighted by Crippen LogP contribution is -2.47. The molecule has 2 N–H and O–H groups in total. The second-order valence-corrected chi connectivity index (χ2v) is 7.78. The third-order valence-corrected chi connectivity index (χ3v) is 5.11. The van der Waals surface area contributed by atoms with Crippen LogP contribution in [0.2, 0.25) is 0 Å². The van der Waals surface area contributed by atoms with Crippen LogP contribution in [0, 0.1) is 12.8 Å². The number of nitrogens with zero attached hydrogens (tertiary/aromatic N) is 2. The molecule has 2 amide bonds. The second-order valence-electron chi connectivity index (χ2n) is 6.77. The van der Waals surface area contributed by atoms with Gasteiger partial charge in [-0.05, 0) is 37.8 Å². The Bertz CT molecular complexity index is 783. The molecule has 6 nitrogen and oxygen atoms in total. The maximum atomic E-state index is 12.6. The first-order valence-corrected chi connectivity index (χ1v) is 9.27. The first-order chi connectivity index (χ1) is 11.9. The van der Waals surface area contributed by atoms with Crippen molar-refractivity contribution in [2.45, 2.75) is 45.6 Å². The van der Waals surface area contributed by atoms with Crippen LogP contribution in [0.5, 0.6) is 0 Å². The van der Waals surface area contributed by atoms with Crippen molar-refractivity contribution >= 4 is 28.3 Å². The number of carbonyl (C=O) groups excluding carboxylic acids is 2. The van der Waals surface area contributed by atoms with E-state index in [2.05, 4.69) is 20.8 Å². The lowest BCUT2D eigenvalue weighted by molar-refractivity contribution is -0.118. The topological polar surface area (TPSA) is 84.0 Å². The molecular weight excluding hydrogens is 336 g/mol. The summed E-state index contributed by atoms with van der Waals surface area (Å²) in [6, 6.07) is 6.66. The fourth-order valence-electron chi connectivity index (χ4n) is 2.51. The number of rotatable bonds is 6. The molecular formula is C18H22N4O2S. The zero-order chi connectivity index (χ0) is 18.0. The van der Waals surface area contributed by atoms with Crippen LogP contribution in [-0.4, -0.2) is 28.1 Å². The van der Waals surface area contributed by atoms with E-state index in [4.69, 9.17) is 0 Å². The standard InChI is InChI=1S/C18H22N4O2S/c1-10(2)14(19-15(23)13-6-4-5-11(3)9-13)16(24)20-18-22-21-17(25-18)12-7-8-12/h4-6,9-10,12,14H,7-8H2,1-3H3,(H,19,23)(H,20,22,24)/t14-/m0/s1. The minimum absolute atomic E-state index is 0.0513. The van der Waals surface area contributed by atoms with Gasteiger partial charge in [-0.1, -0.05) is 42.9 Å². The molecule has 1 aliphatic carbocycles. The summed E-state index contributed by atoms with van der Waals surface area (Å²) in [5.41, 5.74) is 1.55. The molecule has 1 saturated carbocycles. The SMILES string of the molecule is Cc1cccc(C(=O)N[C@H](C(=O)Nc2nnc(C3CC3)s2)C(C)C)c1. The third-order valence-electron chi connectivity index (χ3n) is 4.11. The van der Waals surface area contributed by atoms with E-state index in [1.165, 1.54) is 11.3 Å². The van der Waals surface area contributed by atoms with E-state index in [-0.39, 0.29) is 17.7 Å². The summed E-state index contributed by atoms with van der Waals surface area (Å²) in [4.78, 5) is 25.0. The molecule has 0 bridgehead atoms. The van der Waals surface area contributed by atoms with Crippen molar-refractivity contribution < 1.29 is 9.59 Å². The molecule has 0 radical (unpaired) electrons. The smallest absolute Gasteiger partial charge is 0.251 e. The Morgan fingerprint density at radius 2 is 2.00 bits per heavy atom. The van der Waals surface area contributed by atoms with E-state index in [9.17, 15) is 9.59 Å². The average Bonchev–Trinajstić information content (AvgIpc) is 3.32. The van der Waals surface area contributed by atoms with E-state index in [0.717, 1.165) is 23.4 Å². The summed E-state index contributed by atoms with van der Waals surface area (Å²) < 4.78 is 0. The number of benzene rings is 1. The van der Waals surface area contributed by atoms with Crippen LogP contribution in [0.4, 0.5) is 5.13 Å². The van der Waals surface area contributed by atoms with E-state index in [1.54, 1.807) is 12.1 Å². The third kappa shape index (κ3) is 4.42. The van der Waals surface area contributed by atoms with Crippen molar-refractivity contribution in [3.63, 3.8) is 0 Å². The summed E-state index contributed by atoms with van der Waals surface area (Å²) >= 11 is 1.41. The fourth-order valence-corrected chi connectivity index (χ4v) is 3.42. The monoisotopic (exact) mass is 358 g/mol.